The Morgan fingerprint density at radius 3 is 2.94 bits per heavy atom. The number of aryl methyl sites for hydroxylation is 1. The summed E-state index contributed by atoms with van der Waals surface area (Å²) in [6.07, 6.45) is 3.27. The van der Waals surface area contributed by atoms with Crippen LogP contribution in [0.1, 0.15) is 19.3 Å². The zero-order valence-electron chi connectivity index (χ0n) is 10.5. The zero-order valence-corrected chi connectivity index (χ0v) is 11.3. The Hall–Kier alpha value is -1.26. The van der Waals surface area contributed by atoms with Crippen molar-refractivity contribution in [3.63, 3.8) is 0 Å². The molecule has 0 unspecified atom stereocenters. The van der Waals surface area contributed by atoms with Crippen molar-refractivity contribution in [3.05, 3.63) is 23.2 Å². The van der Waals surface area contributed by atoms with Crippen LogP contribution >= 0.6 is 11.6 Å². The van der Waals surface area contributed by atoms with Gasteiger partial charge in [-0.25, -0.2) is 4.98 Å². The highest BCUT2D eigenvalue weighted by atomic mass is 35.5. The third-order valence-corrected chi connectivity index (χ3v) is 3.21. The minimum absolute atomic E-state index is 0.555. The monoisotopic (exact) mass is 267 g/mol. The number of imidazole rings is 1. The fourth-order valence-electron chi connectivity index (χ4n) is 2.05. The van der Waals surface area contributed by atoms with Crippen molar-refractivity contribution in [2.24, 2.45) is 0 Å². The van der Waals surface area contributed by atoms with Crippen LogP contribution < -0.4 is 5.73 Å². The van der Waals surface area contributed by atoms with Crippen LogP contribution in [0, 0.1) is 0 Å². The summed E-state index contributed by atoms with van der Waals surface area (Å²) in [5, 5.41) is 0.687. The lowest BCUT2D eigenvalue weighted by atomic mass is 10.2. The second kappa shape index (κ2) is 6.07. The molecule has 0 spiro atoms. The van der Waals surface area contributed by atoms with Crippen LogP contribution in [0.5, 0.6) is 0 Å². The van der Waals surface area contributed by atoms with E-state index in [1.54, 1.807) is 7.11 Å². The van der Waals surface area contributed by atoms with Crippen LogP contribution in [-0.4, -0.2) is 23.3 Å². The van der Waals surface area contributed by atoms with Gasteiger partial charge in [0.05, 0.1) is 11.0 Å². The molecule has 2 aromatic rings. The van der Waals surface area contributed by atoms with Crippen molar-refractivity contribution in [2.45, 2.75) is 25.8 Å². The number of hydrogen-bond donors (Lipinski definition) is 1. The molecule has 0 fully saturated rings. The normalized spacial score (nSPS) is 11.2. The van der Waals surface area contributed by atoms with Gasteiger partial charge in [0.2, 0.25) is 5.95 Å². The van der Waals surface area contributed by atoms with Gasteiger partial charge in [-0.15, -0.1) is 0 Å². The van der Waals surface area contributed by atoms with Crippen LogP contribution in [0.2, 0.25) is 5.02 Å². The van der Waals surface area contributed by atoms with E-state index in [0.717, 1.165) is 43.4 Å². The zero-order chi connectivity index (χ0) is 13.0. The second-order valence-corrected chi connectivity index (χ2v) is 4.74. The first-order chi connectivity index (χ1) is 8.72. The molecule has 0 bridgehead atoms. The van der Waals surface area contributed by atoms with E-state index in [0.29, 0.717) is 11.0 Å². The van der Waals surface area contributed by atoms with Crippen molar-refractivity contribution in [1.29, 1.82) is 0 Å². The Labute approximate surface area is 112 Å². The lowest BCUT2D eigenvalue weighted by Crippen LogP contribution is -2.03. The van der Waals surface area contributed by atoms with Crippen molar-refractivity contribution in [3.8, 4) is 0 Å². The molecule has 1 aromatic carbocycles. The molecule has 0 atom stereocenters. The maximum absolute atomic E-state index is 5.94. The number of methoxy groups -OCH3 is 1. The fourth-order valence-corrected chi connectivity index (χ4v) is 2.22. The molecule has 98 valence electrons. The standard InChI is InChI=1S/C13H18ClN3O/c1-18-8-4-2-3-7-17-12-6-5-10(14)9-11(12)16-13(17)15/h5-6,9H,2-4,7-8H2,1H3,(H2,15,16). The molecule has 0 aliphatic carbocycles. The highest BCUT2D eigenvalue weighted by Crippen LogP contribution is 2.22. The summed E-state index contributed by atoms with van der Waals surface area (Å²) in [6, 6.07) is 5.68. The highest BCUT2D eigenvalue weighted by molar-refractivity contribution is 6.31. The highest BCUT2D eigenvalue weighted by Gasteiger charge is 2.07. The summed E-state index contributed by atoms with van der Waals surface area (Å²) in [5.74, 6) is 0.555. The van der Waals surface area contributed by atoms with Crippen molar-refractivity contribution < 1.29 is 4.74 Å². The predicted octanol–water partition coefficient (Wildman–Crippen LogP) is 3.09. The van der Waals surface area contributed by atoms with E-state index in [4.69, 9.17) is 22.1 Å². The van der Waals surface area contributed by atoms with Gasteiger partial charge in [0.15, 0.2) is 0 Å². The smallest absolute Gasteiger partial charge is 0.201 e. The number of rotatable bonds is 6. The number of nitrogens with zero attached hydrogens (tertiary/aromatic N) is 2. The minimum atomic E-state index is 0.555. The molecule has 2 N–H and O–H groups in total. The van der Waals surface area contributed by atoms with Crippen molar-refractivity contribution in [1.82, 2.24) is 9.55 Å². The lowest BCUT2D eigenvalue weighted by Gasteiger charge is -2.06. The number of anilines is 1. The number of nitrogen functional groups attached to an aromatic ring is 1. The maximum Gasteiger partial charge on any atom is 0.201 e. The van der Waals surface area contributed by atoms with Gasteiger partial charge in [-0.2, -0.15) is 0 Å². The van der Waals surface area contributed by atoms with Crippen LogP contribution in [0.15, 0.2) is 18.2 Å². The number of halogens is 1. The Kier molecular flexibility index (Phi) is 4.44. The number of ether oxygens (including phenoxy) is 1. The van der Waals surface area contributed by atoms with E-state index >= 15 is 0 Å². The molecule has 2 rings (SSSR count). The maximum atomic E-state index is 5.94. The first kappa shape index (κ1) is 13.2. The summed E-state index contributed by atoms with van der Waals surface area (Å²) in [6.45, 7) is 1.70. The van der Waals surface area contributed by atoms with E-state index in [1.807, 2.05) is 22.8 Å². The van der Waals surface area contributed by atoms with E-state index in [9.17, 15) is 0 Å². The molecular weight excluding hydrogens is 250 g/mol. The van der Waals surface area contributed by atoms with Crippen LogP contribution in [0.3, 0.4) is 0 Å². The van der Waals surface area contributed by atoms with Gasteiger partial charge >= 0.3 is 0 Å². The molecular formula is C13H18ClN3O. The first-order valence-electron chi connectivity index (χ1n) is 6.12. The van der Waals surface area contributed by atoms with Crippen molar-refractivity contribution >= 4 is 28.6 Å². The molecule has 0 saturated carbocycles. The summed E-state index contributed by atoms with van der Waals surface area (Å²) in [4.78, 5) is 4.32. The molecule has 1 heterocycles. The van der Waals surface area contributed by atoms with E-state index < -0.39 is 0 Å². The molecule has 4 nitrogen and oxygen atoms in total. The van der Waals surface area contributed by atoms with E-state index in [-0.39, 0.29) is 0 Å². The number of nitrogens with two attached hydrogens (primary N) is 1. The lowest BCUT2D eigenvalue weighted by molar-refractivity contribution is 0.191. The average Bonchev–Trinajstić information content (AvgIpc) is 2.64. The number of hydrogen-bond acceptors (Lipinski definition) is 3. The van der Waals surface area contributed by atoms with Crippen LogP contribution in [0.4, 0.5) is 5.95 Å². The second-order valence-electron chi connectivity index (χ2n) is 4.31. The molecule has 0 saturated heterocycles. The summed E-state index contributed by atoms with van der Waals surface area (Å²) < 4.78 is 7.07. The number of unbranched alkanes of at least 4 members (excludes halogenated alkanes) is 2. The quantitative estimate of drug-likeness (QED) is 0.819. The van der Waals surface area contributed by atoms with E-state index in [1.165, 1.54) is 0 Å². The molecule has 18 heavy (non-hydrogen) atoms. The summed E-state index contributed by atoms with van der Waals surface area (Å²) >= 11 is 5.94. The average molecular weight is 268 g/mol. The summed E-state index contributed by atoms with van der Waals surface area (Å²) in [5.41, 5.74) is 7.83. The number of aromatic nitrogens is 2. The van der Waals surface area contributed by atoms with Gasteiger partial charge in [0.1, 0.15) is 0 Å². The molecule has 0 aliphatic heterocycles. The minimum Gasteiger partial charge on any atom is -0.385 e. The molecule has 0 radical (unpaired) electrons. The third-order valence-electron chi connectivity index (χ3n) is 2.97. The SMILES string of the molecule is COCCCCCn1c(N)nc2cc(Cl)ccc21. The van der Waals surface area contributed by atoms with Crippen LogP contribution in [0.25, 0.3) is 11.0 Å². The van der Waals surface area contributed by atoms with Crippen LogP contribution in [-0.2, 0) is 11.3 Å². The first-order valence-corrected chi connectivity index (χ1v) is 6.50. The van der Waals surface area contributed by atoms with Gasteiger partial charge in [0, 0.05) is 25.3 Å². The molecule has 0 amide bonds. The van der Waals surface area contributed by atoms with Crippen molar-refractivity contribution in [2.75, 3.05) is 19.5 Å². The Morgan fingerprint density at radius 2 is 2.17 bits per heavy atom. The molecule has 0 aliphatic rings. The Morgan fingerprint density at radius 1 is 1.33 bits per heavy atom. The third kappa shape index (κ3) is 2.94. The Bertz CT molecular complexity index is 524. The van der Waals surface area contributed by atoms with Gasteiger partial charge < -0.3 is 15.0 Å². The largest absolute Gasteiger partial charge is 0.385 e. The Balaban J connectivity index is 2.05. The predicted molar refractivity (Wildman–Crippen MR) is 74.9 cm³/mol. The van der Waals surface area contributed by atoms with Gasteiger partial charge in [-0.05, 0) is 37.5 Å². The molecule has 1 aromatic heterocycles. The summed E-state index contributed by atoms with van der Waals surface area (Å²) in [7, 11) is 1.73. The topological polar surface area (TPSA) is 53.1 Å². The fraction of sp³-hybridized carbons (Fsp3) is 0.462. The van der Waals surface area contributed by atoms with E-state index in [2.05, 4.69) is 4.98 Å². The van der Waals surface area contributed by atoms with Gasteiger partial charge in [-0.1, -0.05) is 11.6 Å². The number of benzene rings is 1. The van der Waals surface area contributed by atoms with Gasteiger partial charge in [-0.3, -0.25) is 0 Å². The number of fused-ring (bicyclic) bond motifs is 1. The molecule has 5 heteroatoms. The van der Waals surface area contributed by atoms with Gasteiger partial charge in [0.25, 0.3) is 0 Å².